The third kappa shape index (κ3) is 3.35. The third-order valence-corrected chi connectivity index (χ3v) is 2.93. The van der Waals surface area contributed by atoms with Gasteiger partial charge in [-0.25, -0.2) is 4.39 Å². The Morgan fingerprint density at radius 2 is 1.78 bits per heavy atom. The van der Waals surface area contributed by atoms with Crippen LogP contribution in [0.25, 0.3) is 0 Å². The van der Waals surface area contributed by atoms with Crippen LogP contribution in [-0.2, 0) is 6.42 Å². The number of halogens is 4. The van der Waals surface area contributed by atoms with E-state index >= 15 is 0 Å². The molecule has 1 saturated carbocycles. The minimum Gasteiger partial charge on any atom is -0.406 e. The van der Waals surface area contributed by atoms with E-state index < -0.39 is 12.0 Å². The summed E-state index contributed by atoms with van der Waals surface area (Å²) in [5.74, 6) is -0.301. The lowest BCUT2D eigenvalue weighted by Crippen LogP contribution is -2.49. The fraction of sp³-hybridized carbons (Fsp3) is 0.500. The summed E-state index contributed by atoms with van der Waals surface area (Å²) in [6.07, 6.45) is -3.93. The summed E-state index contributed by atoms with van der Waals surface area (Å²) in [5.41, 5.74) is 4.84. The van der Waals surface area contributed by atoms with Crippen LogP contribution in [0.4, 0.5) is 17.6 Å². The number of rotatable bonds is 3. The Balaban J connectivity index is 1.96. The summed E-state index contributed by atoms with van der Waals surface area (Å²) < 4.78 is 53.4. The molecule has 0 aliphatic heterocycles. The molecule has 0 bridgehead atoms. The van der Waals surface area contributed by atoms with Gasteiger partial charge in [0.15, 0.2) is 0 Å². The molecule has 1 aliphatic carbocycles. The minimum absolute atomic E-state index is 0.108. The van der Waals surface area contributed by atoms with Crippen molar-refractivity contribution in [3.05, 3.63) is 29.8 Å². The van der Waals surface area contributed by atoms with Gasteiger partial charge in [0.1, 0.15) is 11.4 Å². The first kappa shape index (κ1) is 13.1. The Morgan fingerprint density at radius 3 is 2.22 bits per heavy atom. The van der Waals surface area contributed by atoms with Crippen molar-refractivity contribution in [3.8, 4) is 5.75 Å². The van der Waals surface area contributed by atoms with E-state index in [2.05, 4.69) is 4.74 Å². The van der Waals surface area contributed by atoms with E-state index in [1.165, 1.54) is 24.3 Å². The first-order chi connectivity index (χ1) is 8.26. The van der Waals surface area contributed by atoms with E-state index in [-0.39, 0.29) is 18.2 Å². The van der Waals surface area contributed by atoms with Gasteiger partial charge in [-0.2, -0.15) is 0 Å². The lowest BCUT2D eigenvalue weighted by molar-refractivity contribution is -0.274. The highest BCUT2D eigenvalue weighted by Crippen LogP contribution is 2.38. The topological polar surface area (TPSA) is 35.2 Å². The van der Waals surface area contributed by atoms with Gasteiger partial charge in [0.2, 0.25) is 0 Å². The van der Waals surface area contributed by atoms with Crippen LogP contribution in [0.15, 0.2) is 24.3 Å². The Morgan fingerprint density at radius 1 is 1.22 bits per heavy atom. The van der Waals surface area contributed by atoms with Gasteiger partial charge in [0.25, 0.3) is 0 Å². The van der Waals surface area contributed by atoms with Crippen molar-refractivity contribution in [2.45, 2.75) is 37.3 Å². The summed E-state index contributed by atoms with van der Waals surface area (Å²) in [5, 5.41) is 0. The van der Waals surface area contributed by atoms with Gasteiger partial charge < -0.3 is 10.5 Å². The molecule has 1 fully saturated rings. The summed E-state index contributed by atoms with van der Waals surface area (Å²) in [7, 11) is 0. The van der Waals surface area contributed by atoms with E-state index in [0.717, 1.165) is 0 Å². The van der Waals surface area contributed by atoms with Crippen LogP contribution < -0.4 is 10.5 Å². The lowest BCUT2D eigenvalue weighted by Gasteiger charge is -2.39. The molecular weight excluding hydrogens is 250 g/mol. The molecule has 1 aromatic rings. The molecule has 2 nitrogen and oxygen atoms in total. The molecule has 6 heteroatoms. The molecule has 1 aromatic carbocycles. The second kappa shape index (κ2) is 4.42. The maximum Gasteiger partial charge on any atom is 0.573 e. The van der Waals surface area contributed by atoms with Crippen LogP contribution in [-0.4, -0.2) is 18.1 Å². The fourth-order valence-corrected chi connectivity index (χ4v) is 2.20. The number of hydrogen-bond donors (Lipinski definition) is 1. The van der Waals surface area contributed by atoms with Gasteiger partial charge in [0, 0.05) is 12.5 Å². The first-order valence-corrected chi connectivity index (χ1v) is 5.55. The van der Waals surface area contributed by atoms with Crippen molar-refractivity contribution in [2.24, 2.45) is 5.73 Å². The molecule has 0 aromatic heterocycles. The Hall–Kier alpha value is -1.30. The standard InChI is InChI=1S/C12H13F4NO/c13-11(6-9(17)7-11)5-8-1-3-10(4-2-8)18-12(14,15)16/h1-4,9H,5-7,17H2. The molecule has 2 rings (SSSR count). The number of benzene rings is 1. The minimum atomic E-state index is -4.70. The number of alkyl halides is 4. The summed E-state index contributed by atoms with van der Waals surface area (Å²) in [6, 6.07) is 5.14. The van der Waals surface area contributed by atoms with Crippen LogP contribution in [0, 0.1) is 0 Å². The van der Waals surface area contributed by atoms with Gasteiger partial charge in [-0.3, -0.25) is 0 Å². The van der Waals surface area contributed by atoms with Crippen LogP contribution in [0.3, 0.4) is 0 Å². The molecule has 0 unspecified atom stereocenters. The van der Waals surface area contributed by atoms with Gasteiger partial charge in [0.05, 0.1) is 0 Å². The normalized spacial score (nSPS) is 27.7. The van der Waals surface area contributed by atoms with Crippen molar-refractivity contribution < 1.29 is 22.3 Å². The largest absolute Gasteiger partial charge is 0.573 e. The average molecular weight is 263 g/mol. The average Bonchev–Trinajstić information content (AvgIpc) is 2.16. The Labute approximate surface area is 102 Å². The van der Waals surface area contributed by atoms with Crippen LogP contribution in [0.5, 0.6) is 5.75 Å². The zero-order valence-electron chi connectivity index (χ0n) is 9.51. The molecular formula is C12H13F4NO. The predicted octanol–water partition coefficient (Wildman–Crippen LogP) is 2.96. The maximum absolute atomic E-state index is 13.9. The second-order valence-corrected chi connectivity index (χ2v) is 4.69. The zero-order chi connectivity index (χ0) is 13.4. The monoisotopic (exact) mass is 263 g/mol. The first-order valence-electron chi connectivity index (χ1n) is 5.55. The predicted molar refractivity (Wildman–Crippen MR) is 57.9 cm³/mol. The summed E-state index contributed by atoms with van der Waals surface area (Å²) >= 11 is 0. The Bertz CT molecular complexity index is 409. The highest BCUT2D eigenvalue weighted by Gasteiger charge is 2.42. The molecule has 0 heterocycles. The number of nitrogens with two attached hydrogens (primary N) is 1. The van der Waals surface area contributed by atoms with Crippen LogP contribution in [0.2, 0.25) is 0 Å². The molecule has 100 valence electrons. The highest BCUT2D eigenvalue weighted by atomic mass is 19.4. The fourth-order valence-electron chi connectivity index (χ4n) is 2.20. The van der Waals surface area contributed by atoms with Crippen LogP contribution in [0.1, 0.15) is 18.4 Å². The van der Waals surface area contributed by atoms with E-state index in [0.29, 0.717) is 18.4 Å². The van der Waals surface area contributed by atoms with Gasteiger partial charge >= 0.3 is 6.36 Å². The van der Waals surface area contributed by atoms with E-state index in [4.69, 9.17) is 5.73 Å². The van der Waals surface area contributed by atoms with E-state index in [1.807, 2.05) is 0 Å². The molecule has 0 atom stereocenters. The van der Waals surface area contributed by atoms with Gasteiger partial charge in [-0.15, -0.1) is 13.2 Å². The van der Waals surface area contributed by atoms with Crippen LogP contribution >= 0.6 is 0 Å². The van der Waals surface area contributed by atoms with Crippen molar-refractivity contribution >= 4 is 0 Å². The third-order valence-electron chi connectivity index (χ3n) is 2.93. The van der Waals surface area contributed by atoms with Gasteiger partial charge in [-0.05, 0) is 30.5 Å². The second-order valence-electron chi connectivity index (χ2n) is 4.69. The van der Waals surface area contributed by atoms with Crippen molar-refractivity contribution in [1.29, 1.82) is 0 Å². The SMILES string of the molecule is NC1CC(F)(Cc2ccc(OC(F)(F)F)cc2)C1. The quantitative estimate of drug-likeness (QED) is 0.851. The molecule has 1 aliphatic rings. The molecule has 2 N–H and O–H groups in total. The van der Waals surface area contributed by atoms with Crippen molar-refractivity contribution in [2.75, 3.05) is 0 Å². The molecule has 18 heavy (non-hydrogen) atoms. The number of hydrogen-bond acceptors (Lipinski definition) is 2. The molecule has 0 radical (unpaired) electrons. The zero-order valence-corrected chi connectivity index (χ0v) is 9.51. The maximum atomic E-state index is 13.9. The number of ether oxygens (including phenoxy) is 1. The lowest BCUT2D eigenvalue weighted by atomic mass is 9.74. The van der Waals surface area contributed by atoms with E-state index in [9.17, 15) is 17.6 Å². The molecule has 0 spiro atoms. The summed E-state index contributed by atoms with van der Waals surface area (Å²) in [4.78, 5) is 0. The smallest absolute Gasteiger partial charge is 0.406 e. The molecule has 0 saturated heterocycles. The Kier molecular flexibility index (Phi) is 3.23. The van der Waals surface area contributed by atoms with Crippen molar-refractivity contribution in [3.63, 3.8) is 0 Å². The summed E-state index contributed by atoms with van der Waals surface area (Å²) in [6.45, 7) is 0. The van der Waals surface area contributed by atoms with Crippen molar-refractivity contribution in [1.82, 2.24) is 0 Å². The van der Waals surface area contributed by atoms with Gasteiger partial charge in [-0.1, -0.05) is 12.1 Å². The molecule has 0 amide bonds. The highest BCUT2D eigenvalue weighted by molar-refractivity contribution is 5.29. The van der Waals surface area contributed by atoms with E-state index in [1.54, 1.807) is 0 Å².